The normalized spacial score (nSPS) is 12.9. The number of hydrogen-bond donors (Lipinski definition) is 1. The van der Waals surface area contributed by atoms with Crippen LogP contribution in [0.15, 0.2) is 22.9 Å². The van der Waals surface area contributed by atoms with E-state index < -0.39 is 0 Å². The number of rotatable bonds is 4. The van der Waals surface area contributed by atoms with Crippen molar-refractivity contribution in [2.45, 2.75) is 26.7 Å². The van der Waals surface area contributed by atoms with Crippen LogP contribution in [-0.4, -0.2) is 21.7 Å². The molecule has 2 N–H and O–H groups in total. The molecule has 1 atom stereocenters. The molecule has 0 aromatic carbocycles. The van der Waals surface area contributed by atoms with Gasteiger partial charge in [-0.3, -0.25) is 4.98 Å². The monoisotopic (exact) mass is 246 g/mol. The van der Waals surface area contributed by atoms with Crippen molar-refractivity contribution in [2.24, 2.45) is 11.7 Å². The van der Waals surface area contributed by atoms with Crippen LogP contribution in [0.4, 0.5) is 0 Å². The predicted molar refractivity (Wildman–Crippen MR) is 68.9 cm³/mol. The number of aromatic nitrogens is 3. The second-order valence-corrected chi connectivity index (χ2v) is 4.76. The fraction of sp³-hybridized carbons (Fsp3) is 0.462. The van der Waals surface area contributed by atoms with E-state index in [1.54, 1.807) is 6.20 Å². The van der Waals surface area contributed by atoms with Gasteiger partial charge in [0.25, 0.3) is 0 Å². The Labute approximate surface area is 106 Å². The van der Waals surface area contributed by atoms with E-state index in [1.807, 2.05) is 19.1 Å². The van der Waals surface area contributed by atoms with Gasteiger partial charge >= 0.3 is 0 Å². The van der Waals surface area contributed by atoms with Gasteiger partial charge in [-0.05, 0) is 30.5 Å². The van der Waals surface area contributed by atoms with Crippen molar-refractivity contribution >= 4 is 0 Å². The molecule has 18 heavy (non-hydrogen) atoms. The van der Waals surface area contributed by atoms with E-state index in [0.717, 1.165) is 11.3 Å². The van der Waals surface area contributed by atoms with Crippen LogP contribution in [0.3, 0.4) is 0 Å². The lowest BCUT2D eigenvalue weighted by Crippen LogP contribution is -2.18. The van der Waals surface area contributed by atoms with Gasteiger partial charge < -0.3 is 10.3 Å². The van der Waals surface area contributed by atoms with Gasteiger partial charge in [0.1, 0.15) is 5.69 Å². The molecule has 0 spiro atoms. The molecule has 0 aliphatic carbocycles. The lowest BCUT2D eigenvalue weighted by molar-refractivity contribution is 0.324. The first-order valence-electron chi connectivity index (χ1n) is 6.08. The molecule has 1 unspecified atom stereocenters. The average Bonchev–Trinajstić information content (AvgIpc) is 2.79. The fourth-order valence-corrected chi connectivity index (χ4v) is 1.81. The smallest absolute Gasteiger partial charge is 0.231 e. The number of nitrogens with zero attached hydrogens (tertiary/aromatic N) is 3. The van der Waals surface area contributed by atoms with Crippen molar-refractivity contribution in [2.75, 3.05) is 6.54 Å². The summed E-state index contributed by atoms with van der Waals surface area (Å²) in [6.07, 6.45) is 1.74. The summed E-state index contributed by atoms with van der Waals surface area (Å²) in [6, 6.07) is 3.86. The molecular formula is C13H18N4O. The number of aryl methyl sites for hydroxylation is 1. The lowest BCUT2D eigenvalue weighted by Gasteiger charge is -2.13. The number of nitrogens with two attached hydrogens (primary N) is 1. The van der Waals surface area contributed by atoms with E-state index in [-0.39, 0.29) is 5.92 Å². The molecule has 0 saturated heterocycles. The maximum atomic E-state index is 5.73. The molecule has 0 aliphatic rings. The van der Waals surface area contributed by atoms with Crippen LogP contribution in [-0.2, 0) is 0 Å². The summed E-state index contributed by atoms with van der Waals surface area (Å²) in [4.78, 5) is 8.63. The van der Waals surface area contributed by atoms with E-state index >= 15 is 0 Å². The highest BCUT2D eigenvalue weighted by atomic mass is 16.5. The van der Waals surface area contributed by atoms with E-state index in [1.165, 1.54) is 0 Å². The second kappa shape index (κ2) is 5.27. The molecule has 0 bridgehead atoms. The summed E-state index contributed by atoms with van der Waals surface area (Å²) in [5.41, 5.74) is 7.58. The summed E-state index contributed by atoms with van der Waals surface area (Å²) in [5.74, 6) is 1.57. The maximum absolute atomic E-state index is 5.73. The molecule has 0 saturated carbocycles. The van der Waals surface area contributed by atoms with Gasteiger partial charge in [0.2, 0.25) is 11.7 Å². The molecule has 96 valence electrons. The Morgan fingerprint density at radius 1 is 1.39 bits per heavy atom. The Morgan fingerprint density at radius 3 is 2.78 bits per heavy atom. The van der Waals surface area contributed by atoms with Crippen LogP contribution in [0.25, 0.3) is 11.5 Å². The zero-order valence-electron chi connectivity index (χ0n) is 10.9. The highest BCUT2D eigenvalue weighted by molar-refractivity contribution is 5.49. The van der Waals surface area contributed by atoms with Gasteiger partial charge in [0.05, 0.1) is 5.92 Å². The Morgan fingerprint density at radius 2 is 2.17 bits per heavy atom. The molecule has 0 amide bonds. The Kier molecular flexibility index (Phi) is 3.72. The Bertz CT molecular complexity index is 521. The van der Waals surface area contributed by atoms with Gasteiger partial charge in [-0.25, -0.2) is 0 Å². The lowest BCUT2D eigenvalue weighted by atomic mass is 9.96. The topological polar surface area (TPSA) is 77.8 Å². The van der Waals surface area contributed by atoms with Crippen LogP contribution in [0.2, 0.25) is 0 Å². The molecule has 2 rings (SSSR count). The molecule has 2 heterocycles. The zero-order chi connectivity index (χ0) is 13.1. The van der Waals surface area contributed by atoms with E-state index in [0.29, 0.717) is 24.2 Å². The third kappa shape index (κ3) is 2.56. The predicted octanol–water partition coefficient (Wildman–Crippen LogP) is 2.14. The highest BCUT2D eigenvalue weighted by Gasteiger charge is 2.21. The number of pyridine rings is 1. The summed E-state index contributed by atoms with van der Waals surface area (Å²) >= 11 is 0. The highest BCUT2D eigenvalue weighted by Crippen LogP contribution is 2.23. The van der Waals surface area contributed by atoms with Gasteiger partial charge in [-0.2, -0.15) is 4.98 Å². The summed E-state index contributed by atoms with van der Waals surface area (Å²) in [6.45, 7) is 6.68. The quantitative estimate of drug-likeness (QED) is 0.894. The second-order valence-electron chi connectivity index (χ2n) is 4.76. The summed E-state index contributed by atoms with van der Waals surface area (Å²) < 4.78 is 5.29. The standard InChI is InChI=1S/C13H18N4O/c1-8(2)10(7-14)13-16-12(17-18-13)11-6-9(3)4-5-15-11/h4-6,8,10H,7,14H2,1-3H3. The van der Waals surface area contributed by atoms with Gasteiger partial charge in [-0.15, -0.1) is 0 Å². The molecule has 5 nitrogen and oxygen atoms in total. The zero-order valence-corrected chi connectivity index (χ0v) is 10.9. The van der Waals surface area contributed by atoms with E-state index in [9.17, 15) is 0 Å². The van der Waals surface area contributed by atoms with Crippen LogP contribution in [0.5, 0.6) is 0 Å². The van der Waals surface area contributed by atoms with Crippen LogP contribution in [0, 0.1) is 12.8 Å². The molecular weight excluding hydrogens is 228 g/mol. The molecule has 2 aromatic rings. The van der Waals surface area contributed by atoms with Crippen LogP contribution in [0.1, 0.15) is 31.2 Å². The maximum Gasteiger partial charge on any atom is 0.231 e. The largest absolute Gasteiger partial charge is 0.339 e. The van der Waals surface area contributed by atoms with Crippen molar-refractivity contribution in [3.8, 4) is 11.5 Å². The minimum atomic E-state index is 0.0936. The summed E-state index contributed by atoms with van der Waals surface area (Å²) in [7, 11) is 0. The summed E-state index contributed by atoms with van der Waals surface area (Å²) in [5, 5.41) is 3.97. The third-order valence-corrected chi connectivity index (χ3v) is 2.96. The molecule has 5 heteroatoms. The minimum absolute atomic E-state index is 0.0936. The number of hydrogen-bond acceptors (Lipinski definition) is 5. The van der Waals surface area contributed by atoms with Crippen molar-refractivity contribution in [3.05, 3.63) is 29.8 Å². The van der Waals surface area contributed by atoms with Crippen LogP contribution >= 0.6 is 0 Å². The Balaban J connectivity index is 2.30. The fourth-order valence-electron chi connectivity index (χ4n) is 1.81. The van der Waals surface area contributed by atoms with E-state index in [2.05, 4.69) is 29.0 Å². The van der Waals surface area contributed by atoms with Crippen molar-refractivity contribution in [3.63, 3.8) is 0 Å². The average molecular weight is 246 g/mol. The Hall–Kier alpha value is -1.75. The van der Waals surface area contributed by atoms with Crippen LogP contribution < -0.4 is 5.73 Å². The molecule has 0 radical (unpaired) electrons. The van der Waals surface area contributed by atoms with Crippen molar-refractivity contribution in [1.29, 1.82) is 0 Å². The molecule has 0 aliphatic heterocycles. The van der Waals surface area contributed by atoms with Gasteiger partial charge in [-0.1, -0.05) is 19.0 Å². The van der Waals surface area contributed by atoms with Gasteiger partial charge in [0, 0.05) is 12.7 Å². The molecule has 2 aromatic heterocycles. The van der Waals surface area contributed by atoms with Crippen molar-refractivity contribution < 1.29 is 4.52 Å². The molecule has 0 fully saturated rings. The van der Waals surface area contributed by atoms with E-state index in [4.69, 9.17) is 10.3 Å². The minimum Gasteiger partial charge on any atom is -0.339 e. The SMILES string of the molecule is Cc1ccnc(-c2noc(C(CN)C(C)C)n2)c1. The first-order chi connectivity index (χ1) is 8.61. The first-order valence-corrected chi connectivity index (χ1v) is 6.08. The van der Waals surface area contributed by atoms with Gasteiger partial charge in [0.15, 0.2) is 0 Å². The first kappa shape index (κ1) is 12.7. The van der Waals surface area contributed by atoms with Crippen molar-refractivity contribution in [1.82, 2.24) is 15.1 Å². The third-order valence-electron chi connectivity index (χ3n) is 2.96.